The molecule has 0 radical (unpaired) electrons. The van der Waals surface area contributed by atoms with E-state index in [1.54, 1.807) is 12.3 Å². The highest BCUT2D eigenvalue weighted by molar-refractivity contribution is 9.10. The van der Waals surface area contributed by atoms with E-state index in [0.717, 1.165) is 26.6 Å². The SMILES string of the molecule is O=C1O[C@@H](Nc2cc(Br)cc3cccnc23)c2ccccc21. The van der Waals surface area contributed by atoms with Crippen LogP contribution in [0.5, 0.6) is 0 Å². The minimum atomic E-state index is -0.497. The molecule has 0 spiro atoms. The predicted molar refractivity (Wildman–Crippen MR) is 87.7 cm³/mol. The fourth-order valence-electron chi connectivity index (χ4n) is 2.66. The third kappa shape index (κ3) is 2.14. The van der Waals surface area contributed by atoms with Crippen LogP contribution in [0.25, 0.3) is 10.9 Å². The molecule has 3 aromatic rings. The first-order valence-electron chi connectivity index (χ1n) is 6.83. The number of ether oxygens (including phenoxy) is 1. The molecule has 1 atom stereocenters. The van der Waals surface area contributed by atoms with Gasteiger partial charge in [0.2, 0.25) is 6.23 Å². The lowest BCUT2D eigenvalue weighted by atomic mass is 10.1. The number of fused-ring (bicyclic) bond motifs is 2. The second kappa shape index (κ2) is 5.10. The molecule has 1 aliphatic rings. The van der Waals surface area contributed by atoms with Gasteiger partial charge in [-0.2, -0.15) is 0 Å². The lowest BCUT2D eigenvalue weighted by Gasteiger charge is -2.16. The number of anilines is 1. The number of esters is 1. The maximum Gasteiger partial charge on any atom is 0.340 e. The predicted octanol–water partition coefficient (Wildman–Crippen LogP) is 4.28. The number of cyclic esters (lactones) is 1. The van der Waals surface area contributed by atoms with Crippen molar-refractivity contribution in [1.82, 2.24) is 4.98 Å². The fourth-order valence-corrected chi connectivity index (χ4v) is 3.14. The number of carbonyl (C=O) groups excluding carboxylic acids is 1. The molecule has 1 aromatic heterocycles. The van der Waals surface area contributed by atoms with Crippen molar-refractivity contribution < 1.29 is 9.53 Å². The average molecular weight is 355 g/mol. The highest BCUT2D eigenvalue weighted by atomic mass is 79.9. The minimum Gasteiger partial charge on any atom is -0.434 e. The maximum absolute atomic E-state index is 11.9. The monoisotopic (exact) mass is 354 g/mol. The number of rotatable bonds is 2. The summed E-state index contributed by atoms with van der Waals surface area (Å²) in [6.07, 6.45) is 1.25. The third-order valence-electron chi connectivity index (χ3n) is 3.64. The Morgan fingerprint density at radius 2 is 2.00 bits per heavy atom. The summed E-state index contributed by atoms with van der Waals surface area (Å²) in [5.74, 6) is -0.305. The summed E-state index contributed by atoms with van der Waals surface area (Å²) in [5, 5.41) is 4.29. The summed E-state index contributed by atoms with van der Waals surface area (Å²) in [6.45, 7) is 0. The smallest absolute Gasteiger partial charge is 0.340 e. The average Bonchev–Trinajstić information content (AvgIpc) is 2.84. The van der Waals surface area contributed by atoms with E-state index in [0.29, 0.717) is 5.56 Å². The highest BCUT2D eigenvalue weighted by Crippen LogP contribution is 2.34. The summed E-state index contributed by atoms with van der Waals surface area (Å²) < 4.78 is 6.37. The molecule has 5 heteroatoms. The quantitative estimate of drug-likeness (QED) is 0.698. The van der Waals surface area contributed by atoms with Crippen LogP contribution in [0.15, 0.2) is 59.2 Å². The molecule has 1 aliphatic heterocycles. The van der Waals surface area contributed by atoms with Gasteiger partial charge in [-0.1, -0.05) is 40.2 Å². The Morgan fingerprint density at radius 3 is 2.91 bits per heavy atom. The molecule has 2 aromatic carbocycles. The number of carbonyl (C=O) groups is 1. The normalized spacial score (nSPS) is 16.4. The van der Waals surface area contributed by atoms with Crippen LogP contribution in [0.4, 0.5) is 5.69 Å². The summed E-state index contributed by atoms with van der Waals surface area (Å²) in [7, 11) is 0. The second-order valence-electron chi connectivity index (χ2n) is 5.05. The van der Waals surface area contributed by atoms with Crippen molar-refractivity contribution in [3.8, 4) is 0 Å². The van der Waals surface area contributed by atoms with Gasteiger partial charge in [0.05, 0.1) is 16.8 Å². The fraction of sp³-hybridized carbons (Fsp3) is 0.0588. The number of aromatic nitrogens is 1. The number of hydrogen-bond donors (Lipinski definition) is 1. The van der Waals surface area contributed by atoms with Crippen LogP contribution in [0.3, 0.4) is 0 Å². The standard InChI is InChI=1S/C17H11BrN2O2/c18-11-8-10-4-3-7-19-15(10)14(9-11)20-16-12-5-1-2-6-13(12)17(21)22-16/h1-9,16,20H/t16-/m1/s1. The van der Waals surface area contributed by atoms with Crippen molar-refractivity contribution in [2.45, 2.75) is 6.23 Å². The molecule has 0 bridgehead atoms. The molecule has 0 saturated carbocycles. The zero-order chi connectivity index (χ0) is 15.1. The lowest BCUT2D eigenvalue weighted by molar-refractivity contribution is 0.0437. The number of nitrogens with zero attached hydrogens (tertiary/aromatic N) is 1. The Morgan fingerprint density at radius 1 is 1.14 bits per heavy atom. The molecule has 0 saturated heterocycles. The molecule has 0 amide bonds. The number of halogens is 1. The van der Waals surface area contributed by atoms with E-state index >= 15 is 0 Å². The Labute approximate surface area is 135 Å². The van der Waals surface area contributed by atoms with E-state index in [-0.39, 0.29) is 5.97 Å². The molecule has 22 heavy (non-hydrogen) atoms. The van der Waals surface area contributed by atoms with Crippen LogP contribution in [0.1, 0.15) is 22.1 Å². The van der Waals surface area contributed by atoms with Crippen molar-refractivity contribution in [2.75, 3.05) is 5.32 Å². The second-order valence-corrected chi connectivity index (χ2v) is 5.96. The number of pyridine rings is 1. The number of benzene rings is 2. The van der Waals surface area contributed by atoms with E-state index < -0.39 is 6.23 Å². The van der Waals surface area contributed by atoms with Gasteiger partial charge >= 0.3 is 5.97 Å². The van der Waals surface area contributed by atoms with E-state index in [9.17, 15) is 4.79 Å². The van der Waals surface area contributed by atoms with Crippen molar-refractivity contribution >= 4 is 38.5 Å². The highest BCUT2D eigenvalue weighted by Gasteiger charge is 2.30. The molecule has 0 fully saturated rings. The van der Waals surface area contributed by atoms with Gasteiger partial charge in [-0.3, -0.25) is 4.98 Å². The number of nitrogens with one attached hydrogen (secondary N) is 1. The molecular weight excluding hydrogens is 344 g/mol. The van der Waals surface area contributed by atoms with Crippen LogP contribution in [0, 0.1) is 0 Å². The first-order valence-corrected chi connectivity index (χ1v) is 7.62. The molecule has 2 heterocycles. The molecule has 1 N–H and O–H groups in total. The Hall–Kier alpha value is -2.40. The van der Waals surface area contributed by atoms with Gasteiger partial charge < -0.3 is 10.1 Å². The van der Waals surface area contributed by atoms with Crippen LogP contribution < -0.4 is 5.32 Å². The molecule has 4 rings (SSSR count). The molecule has 4 nitrogen and oxygen atoms in total. The van der Waals surface area contributed by atoms with Crippen LogP contribution in [0.2, 0.25) is 0 Å². The van der Waals surface area contributed by atoms with Gasteiger partial charge in [-0.15, -0.1) is 0 Å². The van der Waals surface area contributed by atoms with Crippen molar-refractivity contribution in [3.05, 3.63) is 70.3 Å². The van der Waals surface area contributed by atoms with Crippen molar-refractivity contribution in [1.29, 1.82) is 0 Å². The van der Waals surface area contributed by atoms with Crippen molar-refractivity contribution in [3.63, 3.8) is 0 Å². The van der Waals surface area contributed by atoms with Gasteiger partial charge in [0.1, 0.15) is 0 Å². The Balaban J connectivity index is 1.78. The topological polar surface area (TPSA) is 51.2 Å². The molecule has 108 valence electrons. The van der Waals surface area contributed by atoms with Gasteiger partial charge in [0, 0.05) is 21.6 Å². The van der Waals surface area contributed by atoms with E-state index in [1.807, 2.05) is 42.5 Å². The molecular formula is C17H11BrN2O2. The van der Waals surface area contributed by atoms with Crippen LogP contribution in [-0.4, -0.2) is 11.0 Å². The Kier molecular flexibility index (Phi) is 3.08. The van der Waals surface area contributed by atoms with Crippen molar-refractivity contribution in [2.24, 2.45) is 0 Å². The number of hydrogen-bond acceptors (Lipinski definition) is 4. The summed E-state index contributed by atoms with van der Waals surface area (Å²) in [6, 6.07) is 15.2. The summed E-state index contributed by atoms with van der Waals surface area (Å²) in [5.41, 5.74) is 3.11. The first-order chi connectivity index (χ1) is 10.7. The van der Waals surface area contributed by atoms with Gasteiger partial charge in [-0.05, 0) is 24.3 Å². The minimum absolute atomic E-state index is 0.305. The van der Waals surface area contributed by atoms with E-state index in [1.165, 1.54) is 0 Å². The van der Waals surface area contributed by atoms with Gasteiger partial charge in [0.15, 0.2) is 0 Å². The summed E-state index contributed by atoms with van der Waals surface area (Å²) >= 11 is 3.50. The zero-order valence-electron chi connectivity index (χ0n) is 11.4. The van der Waals surface area contributed by atoms with E-state index in [2.05, 4.69) is 26.2 Å². The molecule has 0 unspecified atom stereocenters. The lowest BCUT2D eigenvalue weighted by Crippen LogP contribution is -2.10. The van der Waals surface area contributed by atoms with E-state index in [4.69, 9.17) is 4.74 Å². The van der Waals surface area contributed by atoms with Crippen LogP contribution in [-0.2, 0) is 4.74 Å². The maximum atomic E-state index is 11.9. The molecule has 0 aliphatic carbocycles. The van der Waals surface area contributed by atoms with Gasteiger partial charge in [-0.25, -0.2) is 4.79 Å². The largest absolute Gasteiger partial charge is 0.434 e. The third-order valence-corrected chi connectivity index (χ3v) is 4.10. The summed E-state index contributed by atoms with van der Waals surface area (Å²) in [4.78, 5) is 16.3. The van der Waals surface area contributed by atoms with Crippen LogP contribution >= 0.6 is 15.9 Å². The van der Waals surface area contributed by atoms with Gasteiger partial charge in [0.25, 0.3) is 0 Å². The Bertz CT molecular complexity index is 895. The zero-order valence-corrected chi connectivity index (χ0v) is 13.0. The first kappa shape index (κ1) is 13.3.